The normalized spacial score (nSPS) is 34.1. The van der Waals surface area contributed by atoms with Crippen LogP contribution in [-0.4, -0.2) is 10.2 Å². The molecule has 0 saturated heterocycles. The van der Waals surface area contributed by atoms with Crippen LogP contribution in [-0.2, 0) is 0 Å². The predicted octanol–water partition coefficient (Wildman–Crippen LogP) is 5.05. The van der Waals surface area contributed by atoms with E-state index in [1.54, 1.807) is 0 Å². The number of hydrogen-bond donors (Lipinski definition) is 0. The largest absolute Gasteiger partial charge is 0.122 e. The van der Waals surface area contributed by atoms with E-state index in [2.05, 4.69) is 28.1 Å². The van der Waals surface area contributed by atoms with Gasteiger partial charge < -0.3 is 0 Å². The maximum Gasteiger partial charge on any atom is 0.0461 e. The molecule has 0 radical (unpaired) electrons. The summed E-state index contributed by atoms with van der Waals surface area (Å²) < 4.78 is 0. The number of alkyl halides is 2. The maximum absolute atomic E-state index is 6.29. The third kappa shape index (κ3) is 5.41. The van der Waals surface area contributed by atoms with Gasteiger partial charge >= 0.3 is 0 Å². The molecule has 14 heavy (non-hydrogen) atoms. The first-order valence-corrected chi connectivity index (χ1v) is 7.09. The number of halogens is 2. The quantitative estimate of drug-likeness (QED) is 0.430. The molecule has 0 amide bonds. The number of allylic oxidation sites excluding steroid dienone is 2. The predicted molar refractivity (Wildman–Crippen MR) is 68.4 cm³/mol. The van der Waals surface area contributed by atoms with Crippen molar-refractivity contribution in [2.24, 2.45) is 0 Å². The minimum Gasteiger partial charge on any atom is -0.122 e. The molecule has 0 aliphatic heterocycles. The van der Waals surface area contributed by atoms with Gasteiger partial charge in [-0.3, -0.25) is 0 Å². The average molecular weight is 280 g/mol. The van der Waals surface area contributed by atoms with Crippen molar-refractivity contribution >= 4 is 27.5 Å². The lowest BCUT2D eigenvalue weighted by atomic mass is 10.0. The standard InChI is InChI=1S/C12H20BrCl/c13-11-9-7-5-3-1-2-4-6-8-10-12(11)14/h3,5,11-12H,1-2,4,6-10H2/b5-3-. The smallest absolute Gasteiger partial charge is 0.0461 e. The Bertz CT molecular complexity index is 168. The van der Waals surface area contributed by atoms with Crippen LogP contribution < -0.4 is 0 Å². The molecule has 0 saturated carbocycles. The summed E-state index contributed by atoms with van der Waals surface area (Å²) in [7, 11) is 0. The van der Waals surface area contributed by atoms with Crippen molar-refractivity contribution in [1.29, 1.82) is 0 Å². The molecule has 0 spiro atoms. The Morgan fingerprint density at radius 1 is 0.929 bits per heavy atom. The van der Waals surface area contributed by atoms with E-state index in [9.17, 15) is 0 Å². The minimum atomic E-state index is 0.322. The van der Waals surface area contributed by atoms with Gasteiger partial charge in [-0.15, -0.1) is 11.6 Å². The SMILES string of the molecule is ClC1CCCCCC/C=C\CCC1Br. The molecular weight excluding hydrogens is 259 g/mol. The Kier molecular flexibility index (Phi) is 6.97. The Hall–Kier alpha value is 0.510. The second kappa shape index (κ2) is 7.76. The lowest BCUT2D eigenvalue weighted by molar-refractivity contribution is 0.581. The van der Waals surface area contributed by atoms with Gasteiger partial charge in [0.05, 0.1) is 0 Å². The van der Waals surface area contributed by atoms with E-state index < -0.39 is 0 Å². The van der Waals surface area contributed by atoms with Gasteiger partial charge in [0.2, 0.25) is 0 Å². The highest BCUT2D eigenvalue weighted by atomic mass is 79.9. The van der Waals surface area contributed by atoms with Crippen molar-refractivity contribution in [1.82, 2.24) is 0 Å². The third-order valence-corrected chi connectivity index (χ3v) is 4.69. The number of hydrogen-bond acceptors (Lipinski definition) is 0. The van der Waals surface area contributed by atoms with E-state index in [1.165, 1.54) is 51.4 Å². The second-order valence-corrected chi connectivity index (χ2v) is 5.81. The van der Waals surface area contributed by atoms with Crippen molar-refractivity contribution in [3.05, 3.63) is 12.2 Å². The van der Waals surface area contributed by atoms with E-state index in [0.717, 1.165) is 0 Å². The summed E-state index contributed by atoms with van der Waals surface area (Å²) in [5, 5.41) is 0.322. The molecule has 0 aromatic carbocycles. The highest BCUT2D eigenvalue weighted by Crippen LogP contribution is 2.23. The Morgan fingerprint density at radius 3 is 2.50 bits per heavy atom. The zero-order valence-corrected chi connectivity index (χ0v) is 11.1. The van der Waals surface area contributed by atoms with Crippen LogP contribution in [0, 0.1) is 0 Å². The molecule has 2 heteroatoms. The van der Waals surface area contributed by atoms with E-state index in [1.807, 2.05) is 0 Å². The fraction of sp³-hybridized carbons (Fsp3) is 0.833. The molecule has 1 aliphatic carbocycles. The summed E-state index contributed by atoms with van der Waals surface area (Å²) in [6.45, 7) is 0. The summed E-state index contributed by atoms with van der Waals surface area (Å²) in [5.74, 6) is 0. The molecule has 2 atom stereocenters. The van der Waals surface area contributed by atoms with Crippen molar-refractivity contribution in [2.75, 3.05) is 0 Å². The molecule has 0 heterocycles. The zero-order valence-electron chi connectivity index (χ0n) is 8.72. The van der Waals surface area contributed by atoms with Crippen LogP contribution in [0.4, 0.5) is 0 Å². The summed E-state index contributed by atoms with van der Waals surface area (Å²) in [6.07, 6.45) is 14.7. The molecule has 0 fully saturated rings. The van der Waals surface area contributed by atoms with Crippen molar-refractivity contribution in [3.63, 3.8) is 0 Å². The fourth-order valence-electron chi connectivity index (χ4n) is 1.81. The molecule has 0 nitrogen and oxygen atoms in total. The summed E-state index contributed by atoms with van der Waals surface area (Å²) in [4.78, 5) is 0.494. The Labute approximate surface area is 101 Å². The monoisotopic (exact) mass is 278 g/mol. The number of rotatable bonds is 0. The Morgan fingerprint density at radius 2 is 1.64 bits per heavy atom. The summed E-state index contributed by atoms with van der Waals surface area (Å²) in [5.41, 5.74) is 0. The van der Waals surface area contributed by atoms with Gasteiger partial charge in [0.1, 0.15) is 0 Å². The van der Waals surface area contributed by atoms with E-state index in [0.29, 0.717) is 10.2 Å². The van der Waals surface area contributed by atoms with Crippen LogP contribution in [0.5, 0.6) is 0 Å². The lowest BCUT2D eigenvalue weighted by Gasteiger charge is -2.15. The van der Waals surface area contributed by atoms with Crippen LogP contribution in [0.2, 0.25) is 0 Å². The molecule has 0 aromatic heterocycles. The van der Waals surface area contributed by atoms with Crippen LogP contribution in [0.25, 0.3) is 0 Å². The van der Waals surface area contributed by atoms with Crippen molar-refractivity contribution in [3.8, 4) is 0 Å². The van der Waals surface area contributed by atoms with E-state index in [-0.39, 0.29) is 0 Å². The molecule has 1 aliphatic rings. The fourth-order valence-corrected chi connectivity index (χ4v) is 2.62. The lowest BCUT2D eigenvalue weighted by Crippen LogP contribution is -2.14. The minimum absolute atomic E-state index is 0.322. The third-order valence-electron chi connectivity index (χ3n) is 2.77. The van der Waals surface area contributed by atoms with Crippen LogP contribution >= 0.6 is 27.5 Å². The maximum atomic E-state index is 6.29. The van der Waals surface area contributed by atoms with Gasteiger partial charge in [-0.2, -0.15) is 0 Å². The summed E-state index contributed by atoms with van der Waals surface area (Å²) >= 11 is 9.97. The molecule has 82 valence electrons. The highest BCUT2D eigenvalue weighted by Gasteiger charge is 2.14. The van der Waals surface area contributed by atoms with Gasteiger partial charge in [-0.1, -0.05) is 47.3 Å². The Balaban J connectivity index is 2.33. The zero-order chi connectivity index (χ0) is 10.2. The van der Waals surface area contributed by atoms with E-state index in [4.69, 9.17) is 11.6 Å². The first-order valence-electron chi connectivity index (χ1n) is 5.74. The topological polar surface area (TPSA) is 0 Å². The van der Waals surface area contributed by atoms with Crippen molar-refractivity contribution < 1.29 is 0 Å². The molecule has 0 N–H and O–H groups in total. The second-order valence-electron chi connectivity index (χ2n) is 4.07. The molecule has 0 bridgehead atoms. The van der Waals surface area contributed by atoms with Gasteiger partial charge in [-0.25, -0.2) is 0 Å². The molecule has 1 rings (SSSR count). The first kappa shape index (κ1) is 12.6. The average Bonchev–Trinajstić information content (AvgIpc) is 2.18. The van der Waals surface area contributed by atoms with Crippen LogP contribution in [0.15, 0.2) is 12.2 Å². The van der Waals surface area contributed by atoms with E-state index >= 15 is 0 Å². The van der Waals surface area contributed by atoms with Crippen LogP contribution in [0.1, 0.15) is 51.4 Å². The van der Waals surface area contributed by atoms with Gasteiger partial charge in [0, 0.05) is 10.2 Å². The molecule has 2 unspecified atom stereocenters. The van der Waals surface area contributed by atoms with Gasteiger partial charge in [0.25, 0.3) is 0 Å². The first-order chi connectivity index (χ1) is 6.80. The van der Waals surface area contributed by atoms with Gasteiger partial charge in [0.15, 0.2) is 0 Å². The van der Waals surface area contributed by atoms with Crippen molar-refractivity contribution in [2.45, 2.75) is 61.6 Å². The van der Waals surface area contributed by atoms with Crippen LogP contribution in [0.3, 0.4) is 0 Å². The molecule has 0 aromatic rings. The summed E-state index contributed by atoms with van der Waals surface area (Å²) in [6, 6.07) is 0. The highest BCUT2D eigenvalue weighted by molar-refractivity contribution is 9.09. The van der Waals surface area contributed by atoms with Gasteiger partial charge in [-0.05, 0) is 32.1 Å². The molecular formula is C12H20BrCl.